The third kappa shape index (κ3) is 2.81. The molecule has 0 saturated carbocycles. The van der Waals surface area contributed by atoms with Gasteiger partial charge in [0.15, 0.2) is 0 Å². The zero-order valence-electron chi connectivity index (χ0n) is 8.62. The lowest BCUT2D eigenvalue weighted by Gasteiger charge is -2.17. The molecule has 0 aromatic carbocycles. The van der Waals surface area contributed by atoms with Crippen molar-refractivity contribution < 1.29 is 9.18 Å². The van der Waals surface area contributed by atoms with Crippen LogP contribution < -0.4 is 0 Å². The largest absolute Gasteiger partial charge is 0.355 e. The highest BCUT2D eigenvalue weighted by atomic mass is 19.1. The number of nitrogens with zero attached hydrogens (tertiary/aromatic N) is 2. The molecule has 80 valence electrons. The van der Waals surface area contributed by atoms with Gasteiger partial charge in [-0.05, 0) is 6.92 Å². The second-order valence-corrected chi connectivity index (χ2v) is 3.45. The first-order chi connectivity index (χ1) is 7.04. The van der Waals surface area contributed by atoms with Crippen molar-refractivity contribution in [3.05, 3.63) is 23.8 Å². The zero-order valence-corrected chi connectivity index (χ0v) is 8.62. The number of halogens is 1. The smallest absolute Gasteiger partial charge is 0.270 e. The molecule has 1 rings (SSSR count). The van der Waals surface area contributed by atoms with Crippen LogP contribution in [0, 0.1) is 23.1 Å². The summed E-state index contributed by atoms with van der Waals surface area (Å²) in [7, 11) is 1.58. The number of nitriles is 1. The molecular weight excluding hydrogens is 197 g/mol. The topological polar surface area (TPSA) is 59.9 Å². The first-order valence-corrected chi connectivity index (χ1v) is 4.53. The summed E-state index contributed by atoms with van der Waals surface area (Å²) in [5.74, 6) is -1.03. The molecule has 4 nitrogen and oxygen atoms in total. The minimum absolute atomic E-state index is 0.195. The molecule has 0 fully saturated rings. The van der Waals surface area contributed by atoms with Gasteiger partial charge in [-0.3, -0.25) is 4.79 Å². The molecule has 1 aromatic heterocycles. The third-order valence-corrected chi connectivity index (χ3v) is 1.99. The maximum absolute atomic E-state index is 12.6. The van der Waals surface area contributed by atoms with E-state index in [0.29, 0.717) is 6.54 Å². The Balaban J connectivity index is 2.65. The lowest BCUT2D eigenvalue weighted by atomic mass is 10.2. The van der Waals surface area contributed by atoms with Crippen LogP contribution in [0.25, 0.3) is 0 Å². The average molecular weight is 209 g/mol. The molecule has 0 aliphatic heterocycles. The normalized spacial score (nSPS) is 11.9. The minimum atomic E-state index is -0.472. The van der Waals surface area contributed by atoms with Crippen molar-refractivity contribution >= 4 is 5.91 Å². The fourth-order valence-corrected chi connectivity index (χ4v) is 1.23. The summed E-state index contributed by atoms with van der Waals surface area (Å²) >= 11 is 0. The molecule has 0 aliphatic rings. The van der Waals surface area contributed by atoms with Crippen molar-refractivity contribution in [3.63, 3.8) is 0 Å². The van der Waals surface area contributed by atoms with Gasteiger partial charge < -0.3 is 9.88 Å². The number of aromatic nitrogens is 1. The monoisotopic (exact) mass is 209 g/mol. The van der Waals surface area contributed by atoms with Crippen molar-refractivity contribution in [2.75, 3.05) is 13.6 Å². The molecular formula is C10H12FN3O. The van der Waals surface area contributed by atoms with E-state index >= 15 is 0 Å². The molecule has 1 heterocycles. The van der Waals surface area contributed by atoms with E-state index in [9.17, 15) is 9.18 Å². The number of carbonyl (C=O) groups is 1. The van der Waals surface area contributed by atoms with Crippen molar-refractivity contribution in [2.45, 2.75) is 6.92 Å². The predicted octanol–water partition coefficient (Wildman–Crippen LogP) is 1.39. The van der Waals surface area contributed by atoms with E-state index < -0.39 is 5.82 Å². The molecule has 0 spiro atoms. The van der Waals surface area contributed by atoms with Crippen LogP contribution in [0.2, 0.25) is 0 Å². The Bertz CT molecular complexity index is 394. The Kier molecular flexibility index (Phi) is 3.45. The van der Waals surface area contributed by atoms with Gasteiger partial charge >= 0.3 is 0 Å². The van der Waals surface area contributed by atoms with E-state index in [0.717, 1.165) is 12.3 Å². The number of carbonyl (C=O) groups excluding carboxylic acids is 1. The van der Waals surface area contributed by atoms with E-state index in [1.807, 2.05) is 6.07 Å². The Morgan fingerprint density at radius 2 is 2.47 bits per heavy atom. The predicted molar refractivity (Wildman–Crippen MR) is 52.5 cm³/mol. The van der Waals surface area contributed by atoms with E-state index in [1.54, 1.807) is 14.0 Å². The van der Waals surface area contributed by atoms with E-state index in [1.165, 1.54) is 4.90 Å². The maximum Gasteiger partial charge on any atom is 0.270 e. The molecule has 0 radical (unpaired) electrons. The molecule has 1 amide bonds. The molecule has 0 aliphatic carbocycles. The summed E-state index contributed by atoms with van der Waals surface area (Å²) < 4.78 is 12.6. The van der Waals surface area contributed by atoms with E-state index in [4.69, 9.17) is 5.26 Å². The SMILES string of the molecule is CC(C#N)CN(C)C(=O)c1cc(F)c[nH]1. The number of hydrogen-bond donors (Lipinski definition) is 1. The van der Waals surface area contributed by atoms with Crippen molar-refractivity contribution in [1.82, 2.24) is 9.88 Å². The summed E-state index contributed by atoms with van der Waals surface area (Å²) in [6.45, 7) is 2.05. The van der Waals surface area contributed by atoms with Crippen LogP contribution >= 0.6 is 0 Å². The Hall–Kier alpha value is -1.83. The van der Waals surface area contributed by atoms with Crippen LogP contribution in [0.15, 0.2) is 12.3 Å². The fourth-order valence-electron chi connectivity index (χ4n) is 1.23. The van der Waals surface area contributed by atoms with Crippen LogP contribution in [-0.2, 0) is 0 Å². The Labute approximate surface area is 87.3 Å². The Morgan fingerprint density at radius 3 is 2.93 bits per heavy atom. The highest BCUT2D eigenvalue weighted by Gasteiger charge is 2.15. The zero-order chi connectivity index (χ0) is 11.4. The molecule has 5 heteroatoms. The Morgan fingerprint density at radius 1 is 1.80 bits per heavy atom. The lowest BCUT2D eigenvalue weighted by molar-refractivity contribution is 0.0780. The van der Waals surface area contributed by atoms with Crippen molar-refractivity contribution in [1.29, 1.82) is 5.26 Å². The number of H-pyrrole nitrogens is 1. The average Bonchev–Trinajstić information content (AvgIpc) is 2.63. The van der Waals surface area contributed by atoms with Crippen molar-refractivity contribution in [3.8, 4) is 6.07 Å². The van der Waals surface area contributed by atoms with Gasteiger partial charge in [-0.1, -0.05) is 0 Å². The van der Waals surface area contributed by atoms with Gasteiger partial charge in [-0.2, -0.15) is 5.26 Å². The molecule has 1 atom stereocenters. The van der Waals surface area contributed by atoms with Crippen LogP contribution in [0.4, 0.5) is 4.39 Å². The van der Waals surface area contributed by atoms with Gasteiger partial charge in [0.05, 0.1) is 12.0 Å². The minimum Gasteiger partial charge on any atom is -0.355 e. The van der Waals surface area contributed by atoms with Gasteiger partial charge in [-0.15, -0.1) is 0 Å². The molecule has 15 heavy (non-hydrogen) atoms. The van der Waals surface area contributed by atoms with E-state index in [2.05, 4.69) is 4.98 Å². The lowest BCUT2D eigenvalue weighted by Crippen LogP contribution is -2.30. The van der Waals surface area contributed by atoms with Gasteiger partial charge in [0, 0.05) is 25.9 Å². The number of hydrogen-bond acceptors (Lipinski definition) is 2. The summed E-state index contributed by atoms with van der Waals surface area (Å²) in [4.78, 5) is 15.5. The standard InChI is InChI=1S/C10H12FN3O/c1-7(4-12)6-14(2)10(15)9-3-8(11)5-13-9/h3,5,7,13H,6H2,1-2H3. The van der Waals surface area contributed by atoms with Crippen molar-refractivity contribution in [2.24, 2.45) is 5.92 Å². The maximum atomic E-state index is 12.6. The highest BCUT2D eigenvalue weighted by molar-refractivity contribution is 5.92. The molecule has 0 bridgehead atoms. The van der Waals surface area contributed by atoms with E-state index in [-0.39, 0.29) is 17.5 Å². The molecule has 1 unspecified atom stereocenters. The van der Waals surface area contributed by atoms with Gasteiger partial charge in [0.2, 0.25) is 0 Å². The molecule has 1 N–H and O–H groups in total. The first-order valence-electron chi connectivity index (χ1n) is 4.53. The summed E-state index contributed by atoms with van der Waals surface area (Å²) in [6, 6.07) is 3.16. The number of aromatic amines is 1. The fraction of sp³-hybridized carbons (Fsp3) is 0.400. The van der Waals surface area contributed by atoms with Crippen LogP contribution in [0.5, 0.6) is 0 Å². The molecule has 0 saturated heterocycles. The van der Waals surface area contributed by atoms with Gasteiger partial charge in [-0.25, -0.2) is 4.39 Å². The van der Waals surface area contributed by atoms with Gasteiger partial charge in [0.1, 0.15) is 11.5 Å². The van der Waals surface area contributed by atoms with Crippen LogP contribution in [-0.4, -0.2) is 29.4 Å². The number of nitrogens with one attached hydrogen (secondary N) is 1. The summed E-state index contributed by atoms with van der Waals surface area (Å²) in [5, 5.41) is 8.58. The first kappa shape index (κ1) is 11.2. The highest BCUT2D eigenvalue weighted by Crippen LogP contribution is 2.06. The second-order valence-electron chi connectivity index (χ2n) is 3.45. The number of rotatable bonds is 3. The van der Waals surface area contributed by atoms with Crippen LogP contribution in [0.1, 0.15) is 17.4 Å². The molecule has 1 aromatic rings. The summed E-state index contributed by atoms with van der Waals surface area (Å²) in [6.07, 6.45) is 1.12. The second kappa shape index (κ2) is 4.60. The quantitative estimate of drug-likeness (QED) is 0.817. The van der Waals surface area contributed by atoms with Crippen LogP contribution in [0.3, 0.4) is 0 Å². The third-order valence-electron chi connectivity index (χ3n) is 1.99. The summed E-state index contributed by atoms with van der Waals surface area (Å²) in [5.41, 5.74) is 0.195. The van der Waals surface area contributed by atoms with Gasteiger partial charge in [0.25, 0.3) is 5.91 Å². The number of amides is 1.